The van der Waals surface area contributed by atoms with E-state index >= 15 is 0 Å². The van der Waals surface area contributed by atoms with E-state index in [-0.39, 0.29) is 0 Å². The Morgan fingerprint density at radius 1 is 1.21 bits per heavy atom. The van der Waals surface area contributed by atoms with Crippen LogP contribution < -0.4 is 15.0 Å². The van der Waals surface area contributed by atoms with Gasteiger partial charge in [-0.25, -0.2) is 4.98 Å². The lowest BCUT2D eigenvalue weighted by molar-refractivity contribution is 0.122. The largest absolute Gasteiger partial charge is 0.496 e. The molecule has 0 bridgehead atoms. The highest BCUT2D eigenvalue weighted by Gasteiger charge is 2.15. The Hall–Kier alpha value is -2.34. The van der Waals surface area contributed by atoms with Crippen molar-refractivity contribution < 1.29 is 9.47 Å². The number of nitrogens with zero attached hydrogens (tertiary/aromatic N) is 3. The number of hydrogen-bond acceptors (Lipinski definition) is 6. The van der Waals surface area contributed by atoms with E-state index in [1.54, 1.807) is 7.11 Å². The molecule has 6 nitrogen and oxygen atoms in total. The molecule has 1 aromatic carbocycles. The highest BCUT2D eigenvalue weighted by molar-refractivity contribution is 5.44. The van der Waals surface area contributed by atoms with E-state index in [9.17, 15) is 0 Å². The molecule has 1 saturated heterocycles. The van der Waals surface area contributed by atoms with Crippen molar-refractivity contribution in [2.75, 3.05) is 50.2 Å². The zero-order chi connectivity index (χ0) is 16.8. The first-order valence-corrected chi connectivity index (χ1v) is 8.30. The van der Waals surface area contributed by atoms with Crippen LogP contribution in [-0.4, -0.2) is 49.9 Å². The van der Waals surface area contributed by atoms with Gasteiger partial charge < -0.3 is 19.7 Å². The molecule has 3 rings (SSSR count). The fraction of sp³-hybridized carbons (Fsp3) is 0.444. The molecule has 0 aliphatic carbocycles. The SMILES string of the molecule is COc1ccccc1CCNc1cc(C)nc(N2CCOCC2)n1. The van der Waals surface area contributed by atoms with Crippen molar-refractivity contribution in [3.05, 3.63) is 41.6 Å². The van der Waals surface area contributed by atoms with Crippen molar-refractivity contribution in [2.24, 2.45) is 0 Å². The van der Waals surface area contributed by atoms with Gasteiger partial charge in [-0.1, -0.05) is 18.2 Å². The molecule has 2 aromatic rings. The number of para-hydroxylation sites is 1. The van der Waals surface area contributed by atoms with E-state index in [1.165, 1.54) is 5.56 Å². The second kappa shape index (κ2) is 7.97. The summed E-state index contributed by atoms with van der Waals surface area (Å²) in [5.41, 5.74) is 2.15. The molecule has 1 aromatic heterocycles. The number of aromatic nitrogens is 2. The van der Waals surface area contributed by atoms with Gasteiger partial charge in [0, 0.05) is 31.4 Å². The monoisotopic (exact) mass is 328 g/mol. The van der Waals surface area contributed by atoms with E-state index < -0.39 is 0 Å². The van der Waals surface area contributed by atoms with E-state index in [2.05, 4.69) is 26.3 Å². The summed E-state index contributed by atoms with van der Waals surface area (Å²) < 4.78 is 10.8. The van der Waals surface area contributed by atoms with Crippen LogP contribution in [0, 0.1) is 6.92 Å². The first-order valence-electron chi connectivity index (χ1n) is 8.30. The van der Waals surface area contributed by atoms with Gasteiger partial charge in [0.15, 0.2) is 0 Å². The fourth-order valence-electron chi connectivity index (χ4n) is 2.78. The van der Waals surface area contributed by atoms with E-state index in [4.69, 9.17) is 9.47 Å². The maximum absolute atomic E-state index is 5.39. The maximum atomic E-state index is 5.39. The van der Waals surface area contributed by atoms with E-state index in [0.717, 1.165) is 62.5 Å². The molecule has 2 heterocycles. The van der Waals surface area contributed by atoms with Crippen LogP contribution in [0.2, 0.25) is 0 Å². The molecule has 0 spiro atoms. The second-order valence-electron chi connectivity index (χ2n) is 5.78. The molecule has 0 radical (unpaired) electrons. The Bertz CT molecular complexity index is 672. The lowest BCUT2D eigenvalue weighted by atomic mass is 10.1. The van der Waals surface area contributed by atoms with Crippen molar-refractivity contribution in [3.8, 4) is 5.75 Å². The van der Waals surface area contributed by atoms with Gasteiger partial charge in [-0.15, -0.1) is 0 Å². The van der Waals surface area contributed by atoms with Crippen LogP contribution in [0.5, 0.6) is 5.75 Å². The van der Waals surface area contributed by atoms with Crippen molar-refractivity contribution in [1.82, 2.24) is 9.97 Å². The molecule has 1 aliphatic rings. The van der Waals surface area contributed by atoms with Gasteiger partial charge in [-0.2, -0.15) is 4.98 Å². The van der Waals surface area contributed by atoms with Crippen LogP contribution in [0.3, 0.4) is 0 Å². The number of benzene rings is 1. The standard InChI is InChI=1S/C18H24N4O2/c1-14-13-17(21-18(20-14)22-9-11-24-12-10-22)19-8-7-15-5-3-4-6-16(15)23-2/h3-6,13H,7-12H2,1-2H3,(H,19,20,21). The molecule has 24 heavy (non-hydrogen) atoms. The minimum atomic E-state index is 0.730. The quantitative estimate of drug-likeness (QED) is 0.878. The number of rotatable bonds is 6. The van der Waals surface area contributed by atoms with Gasteiger partial charge in [0.05, 0.1) is 20.3 Å². The number of hydrogen-bond donors (Lipinski definition) is 1. The number of aryl methyl sites for hydroxylation is 1. The molecule has 6 heteroatoms. The Morgan fingerprint density at radius 2 is 2.00 bits per heavy atom. The lowest BCUT2D eigenvalue weighted by Gasteiger charge is -2.27. The third-order valence-corrected chi connectivity index (χ3v) is 4.03. The van der Waals surface area contributed by atoms with E-state index in [1.807, 2.05) is 31.2 Å². The van der Waals surface area contributed by atoms with Gasteiger partial charge in [-0.3, -0.25) is 0 Å². The summed E-state index contributed by atoms with van der Waals surface area (Å²) in [6, 6.07) is 10.1. The van der Waals surface area contributed by atoms with Gasteiger partial charge in [0.2, 0.25) is 5.95 Å². The normalized spacial score (nSPS) is 14.5. The summed E-state index contributed by atoms with van der Waals surface area (Å²) in [5, 5.41) is 3.40. The molecule has 1 fully saturated rings. The van der Waals surface area contributed by atoms with Crippen LogP contribution >= 0.6 is 0 Å². The highest BCUT2D eigenvalue weighted by Crippen LogP contribution is 2.19. The van der Waals surface area contributed by atoms with Crippen LogP contribution in [0.25, 0.3) is 0 Å². The number of ether oxygens (including phenoxy) is 2. The summed E-state index contributed by atoms with van der Waals surface area (Å²) in [4.78, 5) is 11.4. The number of anilines is 2. The third-order valence-electron chi connectivity index (χ3n) is 4.03. The number of nitrogens with one attached hydrogen (secondary N) is 1. The van der Waals surface area contributed by atoms with Gasteiger partial charge in [-0.05, 0) is 25.0 Å². The predicted molar refractivity (Wildman–Crippen MR) is 95.0 cm³/mol. The minimum Gasteiger partial charge on any atom is -0.496 e. The predicted octanol–water partition coefficient (Wildman–Crippen LogP) is 2.28. The van der Waals surface area contributed by atoms with Gasteiger partial charge in [0.1, 0.15) is 11.6 Å². The molecule has 1 aliphatic heterocycles. The van der Waals surface area contributed by atoms with Crippen molar-refractivity contribution in [1.29, 1.82) is 0 Å². The molecular weight excluding hydrogens is 304 g/mol. The van der Waals surface area contributed by atoms with Crippen LogP contribution in [0.1, 0.15) is 11.3 Å². The molecule has 0 amide bonds. The first-order chi connectivity index (χ1) is 11.8. The molecule has 0 atom stereocenters. The molecule has 0 saturated carbocycles. The van der Waals surface area contributed by atoms with Crippen molar-refractivity contribution in [3.63, 3.8) is 0 Å². The van der Waals surface area contributed by atoms with Crippen LogP contribution in [0.15, 0.2) is 30.3 Å². The Balaban J connectivity index is 1.63. The maximum Gasteiger partial charge on any atom is 0.227 e. The third kappa shape index (κ3) is 4.14. The molecule has 0 unspecified atom stereocenters. The smallest absolute Gasteiger partial charge is 0.227 e. The van der Waals surface area contributed by atoms with Gasteiger partial charge >= 0.3 is 0 Å². The summed E-state index contributed by atoms with van der Waals surface area (Å²) in [7, 11) is 1.70. The highest BCUT2D eigenvalue weighted by atomic mass is 16.5. The second-order valence-corrected chi connectivity index (χ2v) is 5.78. The molecule has 1 N–H and O–H groups in total. The summed E-state index contributed by atoms with van der Waals surface area (Å²) in [5.74, 6) is 2.56. The Labute approximate surface area is 142 Å². The number of methoxy groups -OCH3 is 1. The van der Waals surface area contributed by atoms with Crippen molar-refractivity contribution >= 4 is 11.8 Å². The average Bonchev–Trinajstić information content (AvgIpc) is 2.62. The molecule has 128 valence electrons. The van der Waals surface area contributed by atoms with E-state index in [0.29, 0.717) is 0 Å². The van der Waals surface area contributed by atoms with Crippen LogP contribution in [0.4, 0.5) is 11.8 Å². The zero-order valence-corrected chi connectivity index (χ0v) is 14.3. The topological polar surface area (TPSA) is 59.5 Å². The first kappa shape index (κ1) is 16.5. The number of morpholine rings is 1. The molecular formula is C18H24N4O2. The Morgan fingerprint density at radius 3 is 2.79 bits per heavy atom. The van der Waals surface area contributed by atoms with Crippen molar-refractivity contribution in [2.45, 2.75) is 13.3 Å². The minimum absolute atomic E-state index is 0.730. The zero-order valence-electron chi connectivity index (χ0n) is 14.3. The summed E-state index contributed by atoms with van der Waals surface area (Å²) >= 11 is 0. The van der Waals surface area contributed by atoms with Gasteiger partial charge in [0.25, 0.3) is 0 Å². The fourth-order valence-corrected chi connectivity index (χ4v) is 2.78. The Kier molecular flexibility index (Phi) is 5.48. The average molecular weight is 328 g/mol. The van der Waals surface area contributed by atoms with Crippen LogP contribution in [-0.2, 0) is 11.2 Å². The summed E-state index contributed by atoms with van der Waals surface area (Å²) in [6.07, 6.45) is 0.875. The summed E-state index contributed by atoms with van der Waals surface area (Å²) in [6.45, 7) is 5.92. The lowest BCUT2D eigenvalue weighted by Crippen LogP contribution is -2.37.